The standard InChI is InChI=1S/C14H27N3O3S/c1-5-6-7-8-11(2)16-21(19,20)14-12(3)15-17(9-10-18)13(14)4/h11,16,18H,5-10H2,1-4H3. The summed E-state index contributed by atoms with van der Waals surface area (Å²) in [7, 11) is -3.57. The molecule has 1 atom stereocenters. The molecule has 0 radical (unpaired) electrons. The van der Waals surface area contributed by atoms with Crippen LogP contribution in [0.1, 0.15) is 50.9 Å². The molecule has 122 valence electrons. The SMILES string of the molecule is CCCCCC(C)NS(=O)(=O)c1c(C)nn(CCO)c1C. The van der Waals surface area contributed by atoms with Crippen LogP contribution in [-0.2, 0) is 16.6 Å². The van der Waals surface area contributed by atoms with Crippen LogP contribution in [0.2, 0.25) is 0 Å². The second-order valence-electron chi connectivity index (χ2n) is 5.46. The molecule has 0 saturated carbocycles. The van der Waals surface area contributed by atoms with Crippen LogP contribution in [0.4, 0.5) is 0 Å². The zero-order chi connectivity index (χ0) is 16.0. The van der Waals surface area contributed by atoms with Gasteiger partial charge in [0.25, 0.3) is 0 Å². The number of nitrogens with one attached hydrogen (secondary N) is 1. The van der Waals surface area contributed by atoms with Gasteiger partial charge in [0.2, 0.25) is 10.0 Å². The zero-order valence-corrected chi connectivity index (χ0v) is 14.2. The van der Waals surface area contributed by atoms with Crippen molar-refractivity contribution in [2.45, 2.75) is 70.9 Å². The van der Waals surface area contributed by atoms with Crippen molar-refractivity contribution in [2.24, 2.45) is 0 Å². The van der Waals surface area contributed by atoms with Gasteiger partial charge < -0.3 is 5.11 Å². The number of hydrogen-bond acceptors (Lipinski definition) is 4. The summed E-state index contributed by atoms with van der Waals surface area (Å²) in [5.41, 5.74) is 1.03. The Kier molecular flexibility index (Phi) is 6.83. The minimum atomic E-state index is -3.57. The highest BCUT2D eigenvalue weighted by Crippen LogP contribution is 2.20. The smallest absolute Gasteiger partial charge is 0.244 e. The Morgan fingerprint density at radius 2 is 2.00 bits per heavy atom. The predicted molar refractivity (Wildman–Crippen MR) is 82.7 cm³/mol. The van der Waals surface area contributed by atoms with Gasteiger partial charge in [-0.1, -0.05) is 26.2 Å². The molecule has 0 aromatic carbocycles. The first kappa shape index (κ1) is 18.1. The molecule has 0 amide bonds. The van der Waals surface area contributed by atoms with Gasteiger partial charge in [0.1, 0.15) is 4.90 Å². The summed E-state index contributed by atoms with van der Waals surface area (Å²) in [6, 6.07) is -0.0958. The minimum absolute atomic E-state index is 0.0672. The van der Waals surface area contributed by atoms with Crippen LogP contribution in [0.3, 0.4) is 0 Å². The molecule has 2 N–H and O–H groups in total. The van der Waals surface area contributed by atoms with Crippen molar-refractivity contribution in [1.82, 2.24) is 14.5 Å². The molecule has 1 heterocycles. The topological polar surface area (TPSA) is 84.2 Å². The molecule has 1 aromatic heterocycles. The third-order valence-electron chi connectivity index (χ3n) is 3.49. The van der Waals surface area contributed by atoms with E-state index in [1.807, 2.05) is 6.92 Å². The Morgan fingerprint density at radius 1 is 1.33 bits per heavy atom. The number of rotatable bonds is 9. The number of sulfonamides is 1. The Hall–Kier alpha value is -0.920. The first-order chi connectivity index (χ1) is 9.83. The fourth-order valence-electron chi connectivity index (χ4n) is 2.47. The average molecular weight is 317 g/mol. The molecule has 6 nitrogen and oxygen atoms in total. The first-order valence-corrected chi connectivity index (χ1v) is 8.99. The van der Waals surface area contributed by atoms with Crippen molar-refractivity contribution in [1.29, 1.82) is 0 Å². The van der Waals surface area contributed by atoms with E-state index in [-0.39, 0.29) is 17.5 Å². The monoisotopic (exact) mass is 317 g/mol. The molecule has 0 aliphatic heterocycles. The van der Waals surface area contributed by atoms with E-state index in [0.717, 1.165) is 25.7 Å². The van der Waals surface area contributed by atoms with Crippen LogP contribution in [0.5, 0.6) is 0 Å². The lowest BCUT2D eigenvalue weighted by atomic mass is 10.1. The van der Waals surface area contributed by atoms with Crippen LogP contribution in [-0.4, -0.2) is 36.0 Å². The Balaban J connectivity index is 2.88. The van der Waals surface area contributed by atoms with Crippen molar-refractivity contribution >= 4 is 10.0 Å². The second kappa shape index (κ2) is 7.91. The maximum atomic E-state index is 12.5. The molecule has 7 heteroatoms. The number of aliphatic hydroxyl groups is 1. The fraction of sp³-hybridized carbons (Fsp3) is 0.786. The molecule has 1 unspecified atom stereocenters. The van der Waals surface area contributed by atoms with Crippen molar-refractivity contribution in [3.63, 3.8) is 0 Å². The van der Waals surface area contributed by atoms with E-state index in [9.17, 15) is 8.42 Å². The lowest BCUT2D eigenvalue weighted by Gasteiger charge is -2.14. The Labute approximate surface area is 127 Å². The normalized spacial score (nSPS) is 13.6. The highest BCUT2D eigenvalue weighted by Gasteiger charge is 2.25. The third kappa shape index (κ3) is 4.79. The van der Waals surface area contributed by atoms with Crippen molar-refractivity contribution in [3.05, 3.63) is 11.4 Å². The quantitative estimate of drug-likeness (QED) is 0.680. The van der Waals surface area contributed by atoms with Gasteiger partial charge in [-0.25, -0.2) is 13.1 Å². The van der Waals surface area contributed by atoms with Gasteiger partial charge in [-0.15, -0.1) is 0 Å². The van der Waals surface area contributed by atoms with Crippen molar-refractivity contribution in [3.8, 4) is 0 Å². The van der Waals surface area contributed by atoms with E-state index in [2.05, 4.69) is 16.7 Å². The van der Waals surface area contributed by atoms with Crippen molar-refractivity contribution in [2.75, 3.05) is 6.61 Å². The van der Waals surface area contributed by atoms with E-state index in [0.29, 0.717) is 17.9 Å². The molecule has 0 saturated heterocycles. The molecular formula is C14H27N3O3S. The summed E-state index contributed by atoms with van der Waals surface area (Å²) in [4.78, 5) is 0.235. The lowest BCUT2D eigenvalue weighted by molar-refractivity contribution is 0.267. The number of nitrogens with zero attached hydrogens (tertiary/aromatic N) is 2. The fourth-order valence-corrected chi connectivity index (χ4v) is 4.15. The van der Waals surface area contributed by atoms with Gasteiger partial charge in [-0.3, -0.25) is 4.68 Å². The van der Waals surface area contributed by atoms with Crippen LogP contribution >= 0.6 is 0 Å². The molecule has 0 bridgehead atoms. The highest BCUT2D eigenvalue weighted by atomic mass is 32.2. The van der Waals surface area contributed by atoms with Crippen LogP contribution in [0.25, 0.3) is 0 Å². The second-order valence-corrected chi connectivity index (χ2v) is 7.12. The summed E-state index contributed by atoms with van der Waals surface area (Å²) >= 11 is 0. The summed E-state index contributed by atoms with van der Waals surface area (Å²) in [5.74, 6) is 0. The van der Waals surface area contributed by atoms with Gasteiger partial charge in [0, 0.05) is 6.04 Å². The molecule has 1 aromatic rings. The maximum Gasteiger partial charge on any atom is 0.244 e. The molecule has 21 heavy (non-hydrogen) atoms. The minimum Gasteiger partial charge on any atom is -0.394 e. The average Bonchev–Trinajstić information content (AvgIpc) is 2.65. The first-order valence-electron chi connectivity index (χ1n) is 7.50. The van der Waals surface area contributed by atoms with Crippen LogP contribution in [0, 0.1) is 13.8 Å². The van der Waals surface area contributed by atoms with E-state index in [1.165, 1.54) is 4.68 Å². The molecule has 0 aliphatic rings. The van der Waals surface area contributed by atoms with Gasteiger partial charge in [0.15, 0.2) is 0 Å². The lowest BCUT2D eigenvalue weighted by Crippen LogP contribution is -2.33. The molecule has 0 spiro atoms. The molecular weight excluding hydrogens is 290 g/mol. The van der Waals surface area contributed by atoms with Crippen LogP contribution < -0.4 is 4.72 Å². The summed E-state index contributed by atoms with van der Waals surface area (Å²) in [5, 5.41) is 13.2. The molecule has 1 rings (SSSR count). The third-order valence-corrected chi connectivity index (χ3v) is 5.33. The van der Waals surface area contributed by atoms with E-state index >= 15 is 0 Å². The maximum absolute atomic E-state index is 12.5. The number of aliphatic hydroxyl groups excluding tert-OH is 1. The Bertz CT molecular complexity index is 552. The van der Waals surface area contributed by atoms with Gasteiger partial charge in [0.05, 0.1) is 24.5 Å². The number of unbranched alkanes of at least 4 members (excludes halogenated alkanes) is 2. The molecule has 0 fully saturated rings. The number of aromatic nitrogens is 2. The van der Waals surface area contributed by atoms with E-state index < -0.39 is 10.0 Å². The summed E-state index contributed by atoms with van der Waals surface area (Å²) in [6.45, 7) is 7.63. The predicted octanol–water partition coefficient (Wildman–Crippen LogP) is 1.74. The van der Waals surface area contributed by atoms with E-state index in [4.69, 9.17) is 5.11 Å². The van der Waals surface area contributed by atoms with Crippen LogP contribution in [0.15, 0.2) is 4.90 Å². The van der Waals surface area contributed by atoms with Crippen molar-refractivity contribution < 1.29 is 13.5 Å². The van der Waals surface area contributed by atoms with Gasteiger partial charge in [-0.05, 0) is 27.2 Å². The van der Waals surface area contributed by atoms with Gasteiger partial charge >= 0.3 is 0 Å². The summed E-state index contributed by atoms with van der Waals surface area (Å²) < 4.78 is 29.3. The van der Waals surface area contributed by atoms with Gasteiger partial charge in [-0.2, -0.15) is 5.10 Å². The number of hydrogen-bond donors (Lipinski definition) is 2. The Morgan fingerprint density at radius 3 is 2.57 bits per heavy atom. The number of aryl methyl sites for hydroxylation is 1. The summed E-state index contributed by atoms with van der Waals surface area (Å²) in [6.07, 6.45) is 4.07. The van der Waals surface area contributed by atoms with E-state index in [1.54, 1.807) is 13.8 Å². The highest BCUT2D eigenvalue weighted by molar-refractivity contribution is 7.89. The zero-order valence-electron chi connectivity index (χ0n) is 13.4. The molecule has 0 aliphatic carbocycles. The largest absolute Gasteiger partial charge is 0.394 e.